The van der Waals surface area contributed by atoms with Gasteiger partial charge in [0.05, 0.1) is 18.2 Å². The Morgan fingerprint density at radius 2 is 1.85 bits per heavy atom. The second-order valence-electron chi connectivity index (χ2n) is 8.75. The van der Waals surface area contributed by atoms with Crippen LogP contribution in [0.5, 0.6) is 0 Å². The lowest BCUT2D eigenvalue weighted by molar-refractivity contribution is 0.0966. The molecule has 1 aromatic carbocycles. The molecule has 3 heterocycles. The third-order valence-electron chi connectivity index (χ3n) is 6.47. The van der Waals surface area contributed by atoms with Crippen LogP contribution in [0.2, 0.25) is 0 Å². The van der Waals surface area contributed by atoms with Crippen molar-refractivity contribution in [2.45, 2.75) is 44.6 Å². The summed E-state index contributed by atoms with van der Waals surface area (Å²) in [6.45, 7) is 2.20. The highest BCUT2D eigenvalue weighted by Crippen LogP contribution is 2.42. The van der Waals surface area contributed by atoms with Gasteiger partial charge in [0.1, 0.15) is 17.3 Å². The van der Waals surface area contributed by atoms with Gasteiger partial charge in [-0.1, -0.05) is 12.8 Å². The molecular formula is C26H23F2N3O2. The molecular weight excluding hydrogens is 424 g/mol. The molecule has 0 unspecified atom stereocenters. The van der Waals surface area contributed by atoms with Crippen molar-refractivity contribution in [2.24, 2.45) is 0 Å². The lowest BCUT2D eigenvalue weighted by atomic mass is 9.99. The summed E-state index contributed by atoms with van der Waals surface area (Å²) in [6, 6.07) is 11.0. The molecule has 0 amide bonds. The summed E-state index contributed by atoms with van der Waals surface area (Å²) >= 11 is 0. The van der Waals surface area contributed by atoms with E-state index in [0.717, 1.165) is 43.1 Å². The van der Waals surface area contributed by atoms with Crippen LogP contribution in [0.1, 0.15) is 48.7 Å². The van der Waals surface area contributed by atoms with Crippen molar-refractivity contribution in [3.05, 3.63) is 84.1 Å². The minimum absolute atomic E-state index is 0.122. The molecule has 5 rings (SSSR count). The number of rotatable bonds is 6. The van der Waals surface area contributed by atoms with Crippen molar-refractivity contribution in [1.29, 1.82) is 0 Å². The Morgan fingerprint density at radius 3 is 2.58 bits per heavy atom. The molecule has 1 aliphatic carbocycles. The lowest BCUT2D eigenvalue weighted by Gasteiger charge is -2.27. The molecule has 0 spiro atoms. The number of furan rings is 1. The highest BCUT2D eigenvalue weighted by atomic mass is 19.1. The van der Waals surface area contributed by atoms with Crippen LogP contribution in [0.3, 0.4) is 0 Å². The largest absolute Gasteiger partial charge is 0.451 e. The molecule has 1 aliphatic rings. The molecule has 0 aliphatic heterocycles. The molecule has 7 heteroatoms. The quantitative estimate of drug-likeness (QED) is 0.330. The molecule has 5 nitrogen and oxygen atoms in total. The number of pyridine rings is 1. The van der Waals surface area contributed by atoms with E-state index >= 15 is 0 Å². The maximum Gasteiger partial charge on any atom is 0.202 e. The van der Waals surface area contributed by atoms with Gasteiger partial charge in [-0.15, -0.1) is 0 Å². The average Bonchev–Trinajstić information content (AvgIpc) is 3.55. The number of imidazole rings is 1. The van der Waals surface area contributed by atoms with Gasteiger partial charge in [0.2, 0.25) is 5.78 Å². The molecule has 3 aromatic heterocycles. The van der Waals surface area contributed by atoms with E-state index in [1.165, 1.54) is 24.4 Å². The monoisotopic (exact) mass is 447 g/mol. The number of hydrogen-bond donors (Lipinski definition) is 0. The minimum Gasteiger partial charge on any atom is -0.451 e. The van der Waals surface area contributed by atoms with E-state index in [9.17, 15) is 13.6 Å². The van der Waals surface area contributed by atoms with Gasteiger partial charge < -0.3 is 8.98 Å². The fourth-order valence-corrected chi connectivity index (χ4v) is 4.61. The molecule has 0 atom stereocenters. The third-order valence-corrected chi connectivity index (χ3v) is 6.47. The second kappa shape index (κ2) is 8.39. The number of hydrogen-bond acceptors (Lipinski definition) is 4. The van der Waals surface area contributed by atoms with Crippen LogP contribution >= 0.6 is 0 Å². The predicted octanol–water partition coefficient (Wildman–Crippen LogP) is 6.20. The maximum atomic E-state index is 13.9. The van der Waals surface area contributed by atoms with Gasteiger partial charge in [-0.25, -0.2) is 13.8 Å². The number of nitrogens with zero attached hydrogens (tertiary/aromatic N) is 3. The van der Waals surface area contributed by atoms with Gasteiger partial charge >= 0.3 is 0 Å². The van der Waals surface area contributed by atoms with Gasteiger partial charge in [0.15, 0.2) is 11.5 Å². The first-order chi connectivity index (χ1) is 15.9. The van der Waals surface area contributed by atoms with Crippen molar-refractivity contribution in [1.82, 2.24) is 14.5 Å². The van der Waals surface area contributed by atoms with Crippen LogP contribution in [0.15, 0.2) is 65.6 Å². The first kappa shape index (κ1) is 21.2. The Morgan fingerprint density at radius 1 is 1.09 bits per heavy atom. The number of benzene rings is 1. The van der Waals surface area contributed by atoms with Crippen molar-refractivity contribution in [3.63, 3.8) is 0 Å². The average molecular weight is 447 g/mol. The maximum absolute atomic E-state index is 13.9. The van der Waals surface area contributed by atoms with E-state index in [1.54, 1.807) is 30.6 Å². The number of aromatic nitrogens is 3. The smallest absolute Gasteiger partial charge is 0.202 e. The minimum atomic E-state index is -0.525. The fourth-order valence-electron chi connectivity index (χ4n) is 4.61. The zero-order chi connectivity index (χ0) is 23.0. The normalized spacial score (nSPS) is 15.1. The molecule has 1 saturated carbocycles. The highest BCUT2D eigenvalue weighted by Gasteiger charge is 2.34. The number of halogens is 2. The summed E-state index contributed by atoms with van der Waals surface area (Å²) in [5, 5.41) is 0. The van der Waals surface area contributed by atoms with Crippen LogP contribution in [-0.2, 0) is 12.0 Å². The Labute approximate surface area is 190 Å². The zero-order valence-electron chi connectivity index (χ0n) is 18.2. The predicted molar refractivity (Wildman–Crippen MR) is 120 cm³/mol. The first-order valence-electron chi connectivity index (χ1n) is 11.0. The number of carbonyl (C=O) groups excluding carboxylic acids is 1. The molecule has 0 bridgehead atoms. The summed E-state index contributed by atoms with van der Waals surface area (Å²) in [5.74, 6) is -0.526. The zero-order valence-corrected chi connectivity index (χ0v) is 18.2. The van der Waals surface area contributed by atoms with Crippen LogP contribution < -0.4 is 0 Å². The van der Waals surface area contributed by atoms with Crippen molar-refractivity contribution in [3.8, 4) is 22.7 Å². The Balaban J connectivity index is 1.55. The molecule has 0 radical (unpaired) electrons. The third kappa shape index (κ3) is 3.99. The summed E-state index contributed by atoms with van der Waals surface area (Å²) in [6.07, 6.45) is 8.48. The van der Waals surface area contributed by atoms with E-state index in [-0.39, 0.29) is 34.9 Å². The van der Waals surface area contributed by atoms with E-state index in [0.29, 0.717) is 11.5 Å². The fraction of sp³-hybridized carbons (Fsp3) is 0.269. The van der Waals surface area contributed by atoms with Crippen molar-refractivity contribution in [2.75, 3.05) is 0 Å². The SMILES string of the molecule is CC1(n2cnc(-c3ccc(F)cc3)c2-c2ccc(C(=O)Cc3ccncc3F)o2)CCCC1. The molecule has 1 fully saturated rings. The van der Waals surface area contributed by atoms with Crippen molar-refractivity contribution < 1.29 is 18.0 Å². The van der Waals surface area contributed by atoms with Crippen LogP contribution in [0, 0.1) is 11.6 Å². The van der Waals surface area contributed by atoms with Gasteiger partial charge in [0.25, 0.3) is 0 Å². The number of ketones is 1. The first-order valence-corrected chi connectivity index (χ1v) is 11.0. The number of carbonyl (C=O) groups is 1. The Kier molecular flexibility index (Phi) is 5.40. The van der Waals surface area contributed by atoms with Crippen molar-refractivity contribution >= 4 is 5.78 Å². The molecule has 0 saturated heterocycles. The lowest BCUT2D eigenvalue weighted by Crippen LogP contribution is -2.26. The van der Waals surface area contributed by atoms with E-state index in [4.69, 9.17) is 4.42 Å². The Hall–Kier alpha value is -3.61. The summed E-state index contributed by atoms with van der Waals surface area (Å²) in [5.41, 5.74) is 2.31. The van der Waals surface area contributed by atoms with E-state index in [1.807, 2.05) is 0 Å². The van der Waals surface area contributed by atoms with E-state index in [2.05, 4.69) is 21.5 Å². The molecule has 4 aromatic rings. The van der Waals surface area contributed by atoms with Crippen LogP contribution in [-0.4, -0.2) is 20.3 Å². The highest BCUT2D eigenvalue weighted by molar-refractivity contribution is 5.95. The van der Waals surface area contributed by atoms with Gasteiger partial charge in [-0.3, -0.25) is 9.78 Å². The van der Waals surface area contributed by atoms with Gasteiger partial charge in [-0.05, 0) is 67.8 Å². The summed E-state index contributed by atoms with van der Waals surface area (Å²) in [4.78, 5) is 21.2. The number of Topliss-reactive ketones (excluding diaryl/α,β-unsaturated/α-hetero) is 1. The van der Waals surface area contributed by atoms with E-state index < -0.39 is 5.82 Å². The molecule has 0 N–H and O–H groups in total. The summed E-state index contributed by atoms with van der Waals surface area (Å²) < 4.78 is 35.6. The molecule has 33 heavy (non-hydrogen) atoms. The van der Waals surface area contributed by atoms with Crippen LogP contribution in [0.4, 0.5) is 8.78 Å². The van der Waals surface area contributed by atoms with Gasteiger partial charge in [-0.2, -0.15) is 0 Å². The Bertz CT molecular complexity index is 1300. The summed E-state index contributed by atoms with van der Waals surface area (Å²) in [7, 11) is 0. The van der Waals surface area contributed by atoms with Crippen LogP contribution in [0.25, 0.3) is 22.7 Å². The topological polar surface area (TPSA) is 60.9 Å². The van der Waals surface area contributed by atoms with Gasteiger partial charge in [0, 0.05) is 23.7 Å². The molecule has 168 valence electrons. The second-order valence-corrected chi connectivity index (χ2v) is 8.75. The standard InChI is InChI=1S/C26H23F2N3O2/c1-26(11-2-3-12-26)31-16-30-24(17-4-6-19(27)7-5-17)25(31)23-9-8-22(33-23)21(32)14-18-10-13-29-15-20(18)28/h4-10,13,15-16H,2-3,11-12,14H2,1H3.